The molecule has 0 radical (unpaired) electrons. The van der Waals surface area contributed by atoms with Crippen LogP contribution in [0.5, 0.6) is 0 Å². The van der Waals surface area contributed by atoms with Crippen LogP contribution in [0.25, 0.3) is 0 Å². The highest BCUT2D eigenvalue weighted by Gasteiger charge is 2.23. The summed E-state index contributed by atoms with van der Waals surface area (Å²) < 4.78 is 0. The summed E-state index contributed by atoms with van der Waals surface area (Å²) in [5.74, 6) is 3.46. The van der Waals surface area contributed by atoms with Crippen molar-refractivity contribution in [2.24, 2.45) is 0 Å². The molecule has 0 aromatic carbocycles. The van der Waals surface area contributed by atoms with Gasteiger partial charge in [0.05, 0.1) is 0 Å². The lowest BCUT2D eigenvalue weighted by molar-refractivity contribution is 0.427. The van der Waals surface area contributed by atoms with E-state index in [9.17, 15) is 0 Å². The highest BCUT2D eigenvalue weighted by molar-refractivity contribution is 5.38. The van der Waals surface area contributed by atoms with Crippen LogP contribution in [-0.2, 0) is 0 Å². The van der Waals surface area contributed by atoms with E-state index in [1.165, 1.54) is 63.5 Å². The minimum atomic E-state index is 0.599. The van der Waals surface area contributed by atoms with Crippen molar-refractivity contribution in [3.63, 3.8) is 0 Å². The summed E-state index contributed by atoms with van der Waals surface area (Å²) in [4.78, 5) is 9.84. The molecule has 0 atom stereocenters. The van der Waals surface area contributed by atoms with Gasteiger partial charge in [-0.3, -0.25) is 0 Å². The van der Waals surface area contributed by atoms with Gasteiger partial charge in [-0.15, -0.1) is 0 Å². The molecule has 0 saturated heterocycles. The van der Waals surface area contributed by atoms with Crippen molar-refractivity contribution < 1.29 is 0 Å². The molecule has 1 aromatic rings. The minimum absolute atomic E-state index is 0.599. The summed E-state index contributed by atoms with van der Waals surface area (Å²) in [6.07, 6.45) is 13.1. The van der Waals surface area contributed by atoms with Gasteiger partial charge >= 0.3 is 0 Å². The average Bonchev–Trinajstić information content (AvgIpc) is 3.08. The van der Waals surface area contributed by atoms with Gasteiger partial charge in [0, 0.05) is 30.1 Å². The third-order valence-electron chi connectivity index (χ3n) is 5.06. The molecule has 2 saturated carbocycles. The number of hydrogen-bond acceptors (Lipinski definition) is 3. The topological polar surface area (TPSA) is 37.8 Å². The molecule has 0 aliphatic heterocycles. The van der Waals surface area contributed by atoms with Crippen LogP contribution in [0.4, 0.5) is 5.82 Å². The number of hydrogen-bond donors (Lipinski definition) is 1. The maximum absolute atomic E-state index is 5.00. The van der Waals surface area contributed by atoms with E-state index in [0.29, 0.717) is 11.8 Å². The van der Waals surface area contributed by atoms with Crippen LogP contribution in [0.3, 0.4) is 0 Å². The lowest BCUT2D eigenvalue weighted by Gasteiger charge is -2.22. The van der Waals surface area contributed by atoms with Crippen LogP contribution in [0.1, 0.15) is 94.5 Å². The monoisotopic (exact) mass is 287 g/mol. The predicted octanol–water partition coefficient (Wildman–Crippen LogP) is 5.00. The molecular weight excluding hydrogens is 258 g/mol. The zero-order valence-corrected chi connectivity index (χ0v) is 13.4. The molecule has 1 N–H and O–H groups in total. The smallest absolute Gasteiger partial charge is 0.134 e. The standard InChI is InChI=1S/C18H29N3/c1-2-12-19-17-13-16(14-8-6-7-9-14)20-18(21-17)15-10-4-3-5-11-15/h13-15H,2-12H2,1H3,(H,19,20,21). The van der Waals surface area contributed by atoms with Gasteiger partial charge in [-0.2, -0.15) is 0 Å². The van der Waals surface area contributed by atoms with Crippen LogP contribution < -0.4 is 5.32 Å². The number of anilines is 1. The molecule has 0 bridgehead atoms. The largest absolute Gasteiger partial charge is 0.370 e. The fourth-order valence-electron chi connectivity index (χ4n) is 3.80. The first-order valence-electron chi connectivity index (χ1n) is 8.99. The SMILES string of the molecule is CCCNc1cc(C2CCCC2)nc(C2CCCCC2)n1. The number of rotatable bonds is 5. The fourth-order valence-corrected chi connectivity index (χ4v) is 3.80. The van der Waals surface area contributed by atoms with Crippen molar-refractivity contribution in [2.45, 2.75) is 83.0 Å². The van der Waals surface area contributed by atoms with Gasteiger partial charge in [-0.25, -0.2) is 9.97 Å². The second-order valence-corrected chi connectivity index (χ2v) is 6.78. The van der Waals surface area contributed by atoms with Gasteiger partial charge in [0.15, 0.2) is 0 Å². The summed E-state index contributed by atoms with van der Waals surface area (Å²) in [5.41, 5.74) is 1.31. The third kappa shape index (κ3) is 3.75. The average molecular weight is 287 g/mol. The van der Waals surface area contributed by atoms with Crippen molar-refractivity contribution in [3.8, 4) is 0 Å². The van der Waals surface area contributed by atoms with E-state index in [-0.39, 0.29) is 0 Å². The van der Waals surface area contributed by atoms with E-state index in [1.54, 1.807) is 0 Å². The van der Waals surface area contributed by atoms with Crippen LogP contribution in [0, 0.1) is 0 Å². The Kier molecular flexibility index (Phi) is 5.10. The number of aromatic nitrogens is 2. The quantitative estimate of drug-likeness (QED) is 0.827. The molecular formula is C18H29N3. The van der Waals surface area contributed by atoms with Gasteiger partial charge < -0.3 is 5.32 Å². The fraction of sp³-hybridized carbons (Fsp3) is 0.778. The zero-order valence-electron chi connectivity index (χ0n) is 13.4. The molecule has 116 valence electrons. The van der Waals surface area contributed by atoms with Crippen LogP contribution in [0.15, 0.2) is 6.07 Å². The van der Waals surface area contributed by atoms with E-state index in [4.69, 9.17) is 9.97 Å². The van der Waals surface area contributed by atoms with Crippen LogP contribution in [-0.4, -0.2) is 16.5 Å². The van der Waals surface area contributed by atoms with Crippen molar-refractivity contribution in [1.82, 2.24) is 9.97 Å². The molecule has 2 aliphatic rings. The number of nitrogens with one attached hydrogen (secondary N) is 1. The summed E-state index contributed by atoms with van der Waals surface area (Å²) in [7, 11) is 0. The Hall–Kier alpha value is -1.12. The zero-order chi connectivity index (χ0) is 14.5. The van der Waals surface area contributed by atoms with Gasteiger partial charge in [0.2, 0.25) is 0 Å². The summed E-state index contributed by atoms with van der Waals surface area (Å²) in [5, 5.41) is 3.49. The van der Waals surface area contributed by atoms with Gasteiger partial charge in [0.1, 0.15) is 11.6 Å². The molecule has 3 nitrogen and oxygen atoms in total. The van der Waals surface area contributed by atoms with Crippen molar-refractivity contribution in [1.29, 1.82) is 0 Å². The maximum atomic E-state index is 5.00. The Labute approximate surface area is 129 Å². The molecule has 2 fully saturated rings. The highest BCUT2D eigenvalue weighted by atomic mass is 15.0. The van der Waals surface area contributed by atoms with Crippen LogP contribution >= 0.6 is 0 Å². The molecule has 1 heterocycles. The maximum Gasteiger partial charge on any atom is 0.134 e. The van der Waals surface area contributed by atoms with Gasteiger partial charge in [-0.1, -0.05) is 39.0 Å². The van der Waals surface area contributed by atoms with Gasteiger partial charge in [0.25, 0.3) is 0 Å². The van der Waals surface area contributed by atoms with E-state index in [2.05, 4.69) is 18.3 Å². The molecule has 0 spiro atoms. The Morgan fingerprint density at radius 1 is 0.952 bits per heavy atom. The number of nitrogens with zero attached hydrogens (tertiary/aromatic N) is 2. The Balaban J connectivity index is 1.84. The molecule has 3 heteroatoms. The first kappa shape index (κ1) is 14.8. The molecule has 21 heavy (non-hydrogen) atoms. The van der Waals surface area contributed by atoms with E-state index >= 15 is 0 Å². The molecule has 0 unspecified atom stereocenters. The van der Waals surface area contributed by atoms with Crippen LogP contribution in [0.2, 0.25) is 0 Å². The lowest BCUT2D eigenvalue weighted by atomic mass is 9.88. The highest BCUT2D eigenvalue weighted by Crippen LogP contribution is 2.36. The summed E-state index contributed by atoms with van der Waals surface area (Å²) in [6.45, 7) is 3.21. The minimum Gasteiger partial charge on any atom is -0.370 e. The van der Waals surface area contributed by atoms with Crippen molar-refractivity contribution in [2.75, 3.05) is 11.9 Å². The molecule has 1 aromatic heterocycles. The predicted molar refractivity (Wildman–Crippen MR) is 87.8 cm³/mol. The third-order valence-corrected chi connectivity index (χ3v) is 5.06. The Morgan fingerprint density at radius 2 is 1.62 bits per heavy atom. The van der Waals surface area contributed by atoms with E-state index < -0.39 is 0 Å². The second-order valence-electron chi connectivity index (χ2n) is 6.78. The summed E-state index contributed by atoms with van der Waals surface area (Å²) >= 11 is 0. The van der Waals surface area contributed by atoms with Crippen molar-refractivity contribution in [3.05, 3.63) is 17.6 Å². The molecule has 0 amide bonds. The van der Waals surface area contributed by atoms with E-state index in [0.717, 1.165) is 24.6 Å². The van der Waals surface area contributed by atoms with Gasteiger partial charge in [-0.05, 0) is 32.1 Å². The lowest BCUT2D eigenvalue weighted by Crippen LogP contribution is -2.13. The van der Waals surface area contributed by atoms with E-state index in [1.807, 2.05) is 0 Å². The Morgan fingerprint density at radius 3 is 2.33 bits per heavy atom. The second kappa shape index (κ2) is 7.24. The Bertz CT molecular complexity index is 446. The summed E-state index contributed by atoms with van der Waals surface area (Å²) in [6, 6.07) is 2.22. The first-order chi connectivity index (χ1) is 10.4. The molecule has 2 aliphatic carbocycles. The van der Waals surface area contributed by atoms with Crippen molar-refractivity contribution >= 4 is 5.82 Å². The normalized spacial score (nSPS) is 20.8. The molecule has 3 rings (SSSR count). The first-order valence-corrected chi connectivity index (χ1v) is 8.99.